The lowest BCUT2D eigenvalue weighted by Crippen LogP contribution is -2.52. The fourth-order valence-electron chi connectivity index (χ4n) is 2.42. The number of nitroso groups, excluding NO2 is 1. The summed E-state index contributed by atoms with van der Waals surface area (Å²) in [5, 5.41) is 1.45. The van der Waals surface area contributed by atoms with Gasteiger partial charge in [0.1, 0.15) is 0 Å². The van der Waals surface area contributed by atoms with E-state index in [0.717, 1.165) is 17.8 Å². The molecule has 0 radical (unpaired) electrons. The fourth-order valence-corrected chi connectivity index (χ4v) is 3.45. The molecule has 0 spiro atoms. The summed E-state index contributed by atoms with van der Waals surface area (Å²) in [6.07, 6.45) is -11.9. The Kier molecular flexibility index (Phi) is 4.59. The predicted molar refractivity (Wildman–Crippen MR) is 74.8 cm³/mol. The van der Waals surface area contributed by atoms with E-state index in [1.54, 1.807) is 0 Å². The Bertz CT molecular complexity index is 659. The van der Waals surface area contributed by atoms with E-state index in [0.29, 0.717) is 17.9 Å². The number of thioether (sulfide) groups is 1. The molecule has 0 atom stereocenters. The molecule has 11 heteroatoms. The number of benzene rings is 1. The van der Waals surface area contributed by atoms with Crippen LogP contribution in [0, 0.1) is 4.91 Å². The van der Waals surface area contributed by atoms with Crippen LogP contribution in [0.2, 0.25) is 0 Å². The predicted octanol–water partition coefficient (Wildman–Crippen LogP) is 4.23. The molecule has 1 aliphatic heterocycles. The molecule has 2 rings (SSSR count). The van der Waals surface area contributed by atoms with Gasteiger partial charge in [-0.1, -0.05) is 6.07 Å². The van der Waals surface area contributed by atoms with Crippen molar-refractivity contribution in [3.8, 4) is 0 Å². The molecule has 1 heterocycles. The topological polar surface area (TPSA) is 49.7 Å². The molecule has 0 aromatic heterocycles. The first-order valence-electron chi connectivity index (χ1n) is 6.49. The summed E-state index contributed by atoms with van der Waals surface area (Å²) in [5.74, 6) is -0.0917. The zero-order chi connectivity index (χ0) is 18.3. The van der Waals surface area contributed by atoms with Gasteiger partial charge in [-0.05, 0) is 17.3 Å². The van der Waals surface area contributed by atoms with Crippen molar-refractivity contribution in [2.45, 2.75) is 29.7 Å². The number of nitrogens with zero attached hydrogens (tertiary/aromatic N) is 2. The molecule has 0 fully saturated rings. The van der Waals surface area contributed by atoms with Crippen LogP contribution in [0.3, 0.4) is 0 Å². The molecular weight excluding hydrogens is 362 g/mol. The molecule has 0 unspecified atom stereocenters. The molecule has 132 valence electrons. The second kappa shape index (κ2) is 5.94. The number of hydrogen-bond acceptors (Lipinski definition) is 4. The molecular formula is C13H10F6N2O2S. The first-order chi connectivity index (χ1) is 11.0. The van der Waals surface area contributed by atoms with E-state index in [4.69, 9.17) is 0 Å². The lowest BCUT2D eigenvalue weighted by Gasteiger charge is -2.33. The average molecular weight is 372 g/mol. The van der Waals surface area contributed by atoms with Gasteiger partial charge in [-0.15, -0.1) is 16.7 Å². The number of carbonyl (C=O) groups is 1. The molecule has 0 saturated heterocycles. The fraction of sp³-hybridized carbons (Fsp3) is 0.462. The molecule has 1 aromatic carbocycles. The van der Waals surface area contributed by atoms with E-state index in [-0.39, 0.29) is 17.1 Å². The number of amides is 1. The number of alkyl halides is 6. The van der Waals surface area contributed by atoms with Gasteiger partial charge in [0, 0.05) is 29.7 Å². The minimum absolute atomic E-state index is 0.0514. The van der Waals surface area contributed by atoms with Gasteiger partial charge in [-0.3, -0.25) is 4.79 Å². The maximum absolute atomic E-state index is 13.1. The number of hydrogen-bond donors (Lipinski definition) is 0. The van der Waals surface area contributed by atoms with E-state index in [2.05, 4.69) is 0 Å². The van der Waals surface area contributed by atoms with Gasteiger partial charge in [0.05, 0.1) is 5.69 Å². The molecule has 0 aliphatic carbocycles. The lowest BCUT2D eigenvalue weighted by atomic mass is 9.89. The van der Waals surface area contributed by atoms with Crippen molar-refractivity contribution in [2.75, 3.05) is 17.2 Å². The third kappa shape index (κ3) is 2.74. The minimum atomic E-state index is -5.96. The van der Waals surface area contributed by atoms with Crippen LogP contribution in [0.4, 0.5) is 32.0 Å². The second-order valence-electron chi connectivity index (χ2n) is 5.00. The van der Waals surface area contributed by atoms with Crippen molar-refractivity contribution in [1.82, 2.24) is 0 Å². The Hall–Kier alpha value is -1.78. The Morgan fingerprint density at radius 1 is 1.17 bits per heavy atom. The quantitative estimate of drug-likeness (QED) is 0.577. The third-order valence-electron chi connectivity index (χ3n) is 3.58. The van der Waals surface area contributed by atoms with E-state index < -0.39 is 29.4 Å². The SMILES string of the molecule is CC(=O)N1CCSc2cc(C(N=O)(C(F)(F)F)C(F)(F)F)ccc21. The normalized spacial score (nSPS) is 15.9. The van der Waals surface area contributed by atoms with Crippen molar-refractivity contribution in [3.05, 3.63) is 28.7 Å². The number of rotatable bonds is 2. The molecule has 0 N–H and O–H groups in total. The van der Waals surface area contributed by atoms with Crippen LogP contribution in [0.15, 0.2) is 28.3 Å². The van der Waals surface area contributed by atoms with Crippen molar-refractivity contribution >= 4 is 23.4 Å². The highest BCUT2D eigenvalue weighted by molar-refractivity contribution is 7.99. The zero-order valence-electron chi connectivity index (χ0n) is 12.0. The van der Waals surface area contributed by atoms with Crippen LogP contribution in [0.5, 0.6) is 0 Å². The molecule has 1 amide bonds. The summed E-state index contributed by atoms with van der Waals surface area (Å²) in [6, 6.07) is 2.12. The van der Waals surface area contributed by atoms with Crippen molar-refractivity contribution in [1.29, 1.82) is 0 Å². The third-order valence-corrected chi connectivity index (χ3v) is 4.60. The van der Waals surface area contributed by atoms with Gasteiger partial charge in [-0.2, -0.15) is 26.3 Å². The highest BCUT2D eigenvalue weighted by Gasteiger charge is 2.74. The van der Waals surface area contributed by atoms with E-state index in [1.165, 1.54) is 17.0 Å². The lowest BCUT2D eigenvalue weighted by molar-refractivity contribution is -0.301. The van der Waals surface area contributed by atoms with Crippen LogP contribution in [0.25, 0.3) is 0 Å². The summed E-state index contributed by atoms with van der Waals surface area (Å²) in [4.78, 5) is 23.5. The minimum Gasteiger partial charge on any atom is -0.311 e. The Balaban J connectivity index is 2.67. The molecule has 0 saturated carbocycles. The average Bonchev–Trinajstić information content (AvgIpc) is 2.44. The zero-order valence-corrected chi connectivity index (χ0v) is 12.8. The maximum Gasteiger partial charge on any atom is 0.430 e. The highest BCUT2D eigenvalue weighted by atomic mass is 32.2. The van der Waals surface area contributed by atoms with Crippen LogP contribution >= 0.6 is 11.8 Å². The van der Waals surface area contributed by atoms with Crippen molar-refractivity contribution in [3.63, 3.8) is 0 Å². The van der Waals surface area contributed by atoms with Crippen molar-refractivity contribution < 1.29 is 31.1 Å². The van der Waals surface area contributed by atoms with Gasteiger partial charge < -0.3 is 4.90 Å². The molecule has 4 nitrogen and oxygen atoms in total. The number of halogens is 6. The van der Waals surface area contributed by atoms with Crippen LogP contribution in [-0.4, -0.2) is 30.6 Å². The largest absolute Gasteiger partial charge is 0.430 e. The first-order valence-corrected chi connectivity index (χ1v) is 7.47. The van der Waals surface area contributed by atoms with Gasteiger partial charge in [0.15, 0.2) is 0 Å². The Labute approximate surface area is 136 Å². The van der Waals surface area contributed by atoms with Crippen LogP contribution in [0.1, 0.15) is 12.5 Å². The summed E-state index contributed by atoms with van der Waals surface area (Å²) >= 11 is 1.000. The Morgan fingerprint density at radius 3 is 2.21 bits per heavy atom. The molecule has 1 aromatic rings. The number of fused-ring (bicyclic) bond motifs is 1. The van der Waals surface area contributed by atoms with Crippen LogP contribution < -0.4 is 4.90 Å². The number of carbonyl (C=O) groups excluding carboxylic acids is 1. The molecule has 24 heavy (non-hydrogen) atoms. The van der Waals surface area contributed by atoms with E-state index in [1.807, 2.05) is 0 Å². The van der Waals surface area contributed by atoms with Crippen molar-refractivity contribution in [2.24, 2.45) is 5.18 Å². The number of anilines is 1. The van der Waals surface area contributed by atoms with Gasteiger partial charge in [0.25, 0.3) is 0 Å². The summed E-state index contributed by atoms with van der Waals surface area (Å²) in [6.45, 7) is 1.51. The monoisotopic (exact) mass is 372 g/mol. The summed E-state index contributed by atoms with van der Waals surface area (Å²) in [7, 11) is 0. The van der Waals surface area contributed by atoms with E-state index >= 15 is 0 Å². The van der Waals surface area contributed by atoms with E-state index in [9.17, 15) is 36.0 Å². The van der Waals surface area contributed by atoms with Gasteiger partial charge in [-0.25, -0.2) is 0 Å². The standard InChI is InChI=1S/C13H10F6N2O2S/c1-7(22)21-4-5-24-10-6-8(2-3-9(10)21)11(20-23,12(14,15)16)13(17,18)19/h2-3,6H,4-5H2,1H3. The summed E-state index contributed by atoms with van der Waals surface area (Å²) in [5.41, 5.74) is -5.98. The smallest absolute Gasteiger partial charge is 0.311 e. The van der Waals surface area contributed by atoms with Gasteiger partial charge in [0.2, 0.25) is 5.91 Å². The summed E-state index contributed by atoms with van der Waals surface area (Å²) < 4.78 is 78.7. The first kappa shape index (κ1) is 18.6. The Morgan fingerprint density at radius 2 is 1.75 bits per heavy atom. The highest BCUT2D eigenvalue weighted by Crippen LogP contribution is 2.54. The van der Waals surface area contributed by atoms with Gasteiger partial charge >= 0.3 is 17.9 Å². The molecule has 0 bridgehead atoms. The molecule has 1 aliphatic rings. The van der Waals surface area contributed by atoms with Crippen LogP contribution in [-0.2, 0) is 10.3 Å². The maximum atomic E-state index is 13.1. The second-order valence-corrected chi connectivity index (χ2v) is 6.14.